The molecule has 0 amide bonds. The second-order valence-corrected chi connectivity index (χ2v) is 14.0. The lowest BCUT2D eigenvalue weighted by atomic mass is 9.79. The summed E-state index contributed by atoms with van der Waals surface area (Å²) in [7, 11) is 0. The molecule has 8 rings (SSSR count). The molecule has 0 radical (unpaired) electrons. The summed E-state index contributed by atoms with van der Waals surface area (Å²) in [5.41, 5.74) is 4.46. The maximum atomic E-state index is 14.4. The molecule has 4 aromatic carbocycles. The predicted molar refractivity (Wildman–Crippen MR) is 212 cm³/mol. The highest BCUT2D eigenvalue weighted by Gasteiger charge is 2.43. The van der Waals surface area contributed by atoms with E-state index in [1.54, 1.807) is 48.9 Å². The summed E-state index contributed by atoms with van der Waals surface area (Å²) in [6.07, 6.45) is 8.71. The summed E-state index contributed by atoms with van der Waals surface area (Å²) in [6, 6.07) is 37.6. The van der Waals surface area contributed by atoms with Crippen molar-refractivity contribution >= 4 is 46.4 Å². The lowest BCUT2D eigenvalue weighted by Gasteiger charge is -2.33. The van der Waals surface area contributed by atoms with Crippen LogP contribution < -0.4 is 0 Å². The van der Waals surface area contributed by atoms with Crippen LogP contribution in [0.5, 0.6) is 0 Å². The van der Waals surface area contributed by atoms with E-state index in [4.69, 9.17) is 51.4 Å². The van der Waals surface area contributed by atoms with E-state index in [1.165, 1.54) is 12.1 Å². The fourth-order valence-electron chi connectivity index (χ4n) is 6.86. The van der Waals surface area contributed by atoms with Crippen LogP contribution in [0.1, 0.15) is 16.8 Å². The third-order valence-corrected chi connectivity index (χ3v) is 10.3. The Labute approximate surface area is 325 Å². The Morgan fingerprint density at radius 2 is 1.26 bits per heavy atom. The summed E-state index contributed by atoms with van der Waals surface area (Å²) < 4.78 is 18.2. The molecular weight excluding hydrogens is 749 g/mol. The molecule has 0 bridgehead atoms. The van der Waals surface area contributed by atoms with Crippen LogP contribution in [0, 0.1) is 5.82 Å². The van der Waals surface area contributed by atoms with Crippen molar-refractivity contribution in [3.05, 3.63) is 201 Å². The number of hydrogen-bond donors (Lipinski definition) is 1. The fraction of sp³-hybridized carbons (Fsp3) is 0.0233. The Bertz CT molecular complexity index is 2620. The maximum Gasteiger partial charge on any atom is 0.159 e. The van der Waals surface area contributed by atoms with Crippen LogP contribution in [0.25, 0.3) is 45.0 Å². The van der Waals surface area contributed by atoms with Gasteiger partial charge in [-0.15, -0.1) is 0 Å². The molecule has 0 aliphatic rings. The van der Waals surface area contributed by atoms with Gasteiger partial charge in [0.2, 0.25) is 0 Å². The van der Waals surface area contributed by atoms with Gasteiger partial charge in [-0.2, -0.15) is 0 Å². The van der Waals surface area contributed by atoms with Crippen LogP contribution >= 0.6 is 46.4 Å². The van der Waals surface area contributed by atoms with E-state index in [0.29, 0.717) is 71.2 Å². The molecule has 4 aromatic heterocycles. The minimum atomic E-state index is -1.94. The zero-order valence-electron chi connectivity index (χ0n) is 27.6. The third kappa shape index (κ3) is 6.33. The molecule has 8 aromatic rings. The van der Waals surface area contributed by atoms with Gasteiger partial charge in [0.05, 0.1) is 22.1 Å². The average Bonchev–Trinajstić information content (AvgIpc) is 3.81. The van der Waals surface area contributed by atoms with Crippen molar-refractivity contribution in [2.45, 2.75) is 5.60 Å². The predicted octanol–water partition coefficient (Wildman–Crippen LogP) is 12.1. The Morgan fingerprint density at radius 1 is 0.585 bits per heavy atom. The molecule has 5 nitrogen and oxygen atoms in total. The molecule has 53 heavy (non-hydrogen) atoms. The number of benzene rings is 4. The first kappa shape index (κ1) is 34.9. The molecule has 0 saturated heterocycles. The summed E-state index contributed by atoms with van der Waals surface area (Å²) in [5.74, 6) is -0.465. The molecule has 0 saturated carbocycles. The van der Waals surface area contributed by atoms with E-state index >= 15 is 0 Å². The van der Waals surface area contributed by atoms with Crippen molar-refractivity contribution < 1.29 is 9.50 Å². The summed E-state index contributed by atoms with van der Waals surface area (Å²) >= 11 is 26.7. The molecule has 1 atom stereocenters. The van der Waals surface area contributed by atoms with Crippen LogP contribution in [0.2, 0.25) is 20.1 Å². The van der Waals surface area contributed by atoms with Gasteiger partial charge in [0.15, 0.2) is 5.60 Å². The second kappa shape index (κ2) is 14.3. The average molecular weight is 777 g/mol. The number of rotatable bonds is 8. The number of aliphatic hydroxyl groups is 1. The summed E-state index contributed by atoms with van der Waals surface area (Å²) in [5, 5.41) is 15.7. The van der Waals surface area contributed by atoms with E-state index in [9.17, 15) is 9.50 Å². The largest absolute Gasteiger partial charge is 0.374 e. The molecule has 4 heterocycles. The van der Waals surface area contributed by atoms with E-state index in [2.05, 4.69) is 4.98 Å². The monoisotopic (exact) mass is 774 g/mol. The van der Waals surface area contributed by atoms with Crippen molar-refractivity contribution in [2.75, 3.05) is 0 Å². The zero-order valence-corrected chi connectivity index (χ0v) is 30.7. The topological polar surface area (TPSA) is 55.9 Å². The van der Waals surface area contributed by atoms with Crippen LogP contribution in [0.4, 0.5) is 4.39 Å². The van der Waals surface area contributed by atoms with Gasteiger partial charge in [-0.3, -0.25) is 9.97 Å². The van der Waals surface area contributed by atoms with E-state index < -0.39 is 11.4 Å². The van der Waals surface area contributed by atoms with Gasteiger partial charge in [-0.25, -0.2) is 4.39 Å². The molecule has 1 unspecified atom stereocenters. The summed E-state index contributed by atoms with van der Waals surface area (Å²) in [4.78, 5) is 9.46. The molecule has 0 aliphatic carbocycles. The minimum absolute atomic E-state index is 0.214. The maximum absolute atomic E-state index is 14.4. The van der Waals surface area contributed by atoms with E-state index in [-0.39, 0.29) is 5.02 Å². The second-order valence-electron chi connectivity index (χ2n) is 12.3. The van der Waals surface area contributed by atoms with Crippen molar-refractivity contribution in [3.63, 3.8) is 0 Å². The number of halogens is 5. The standard InChI is InChI=1S/C43H27Cl4FN4O/c44-28-8-3-10-31(23-28)51-21-17-35(34-16-15-30(48)25-39(34)47)41(51)40-37(13-6-20-50-40)43(53,27-7-5-19-49-26-27)42-36(33-12-1-2-14-38(33)46)18-22-52(42)32-11-4-9-29(45)24-32/h1-26,53H. The van der Waals surface area contributed by atoms with Crippen molar-refractivity contribution in [3.8, 4) is 45.0 Å². The highest BCUT2D eigenvalue weighted by molar-refractivity contribution is 6.34. The molecule has 0 aliphatic heterocycles. The molecule has 0 spiro atoms. The quantitative estimate of drug-likeness (QED) is 0.167. The highest BCUT2D eigenvalue weighted by atomic mass is 35.5. The number of pyridine rings is 2. The molecule has 0 fully saturated rings. The fourth-order valence-corrected chi connectivity index (χ4v) is 7.74. The zero-order chi connectivity index (χ0) is 36.7. The third-order valence-electron chi connectivity index (χ3n) is 9.17. The van der Waals surface area contributed by atoms with Gasteiger partial charge in [0.25, 0.3) is 0 Å². The van der Waals surface area contributed by atoms with Gasteiger partial charge in [-0.1, -0.05) is 88.9 Å². The lowest BCUT2D eigenvalue weighted by molar-refractivity contribution is 0.119. The summed E-state index contributed by atoms with van der Waals surface area (Å²) in [6.45, 7) is 0. The first-order chi connectivity index (χ1) is 25.7. The first-order valence-electron chi connectivity index (χ1n) is 16.5. The van der Waals surface area contributed by atoms with Gasteiger partial charge < -0.3 is 14.2 Å². The number of hydrogen-bond acceptors (Lipinski definition) is 3. The van der Waals surface area contributed by atoms with Gasteiger partial charge in [-0.05, 0) is 84.9 Å². The molecule has 1 N–H and O–H groups in total. The van der Waals surface area contributed by atoms with E-state index in [0.717, 1.165) is 5.69 Å². The van der Waals surface area contributed by atoms with Crippen LogP contribution in [-0.2, 0) is 5.60 Å². The Hall–Kier alpha value is -5.21. The van der Waals surface area contributed by atoms with Crippen molar-refractivity contribution in [1.29, 1.82) is 0 Å². The molecule has 10 heteroatoms. The van der Waals surface area contributed by atoms with Crippen LogP contribution in [0.15, 0.2) is 158 Å². The molecule has 260 valence electrons. The normalized spacial score (nSPS) is 12.5. The van der Waals surface area contributed by atoms with Gasteiger partial charge >= 0.3 is 0 Å². The van der Waals surface area contributed by atoms with Gasteiger partial charge in [0.1, 0.15) is 5.82 Å². The Kier molecular flexibility index (Phi) is 9.41. The van der Waals surface area contributed by atoms with E-state index in [1.807, 2.05) is 106 Å². The SMILES string of the molecule is OC(c1cccnc1)(c1cccnc1-c1c(-c2ccc(F)cc2Cl)ccn1-c1cccc(Cl)c1)c1c(-c2ccccc2Cl)ccn1-c1cccc(Cl)c1. The lowest BCUT2D eigenvalue weighted by Crippen LogP contribution is -2.33. The Morgan fingerprint density at radius 3 is 1.96 bits per heavy atom. The van der Waals surface area contributed by atoms with Gasteiger partial charge in [0, 0.05) is 90.8 Å². The first-order valence-corrected chi connectivity index (χ1v) is 18.0. The number of nitrogens with zero attached hydrogens (tertiary/aromatic N) is 4. The van der Waals surface area contributed by atoms with Crippen molar-refractivity contribution in [1.82, 2.24) is 19.1 Å². The molecular formula is C43H27Cl4FN4O. The smallest absolute Gasteiger partial charge is 0.159 e. The number of aromatic nitrogens is 4. The highest BCUT2D eigenvalue weighted by Crippen LogP contribution is 2.49. The Balaban J connectivity index is 1.50. The van der Waals surface area contributed by atoms with Crippen LogP contribution in [0.3, 0.4) is 0 Å². The minimum Gasteiger partial charge on any atom is -0.374 e. The van der Waals surface area contributed by atoms with Crippen LogP contribution in [-0.4, -0.2) is 24.2 Å². The van der Waals surface area contributed by atoms with Crippen molar-refractivity contribution in [2.24, 2.45) is 0 Å².